The fourth-order valence-electron chi connectivity index (χ4n) is 1.98. The van der Waals surface area contributed by atoms with E-state index in [0.717, 1.165) is 16.7 Å². The molecule has 110 valence electrons. The standard InChI is InChI=1S/C15H14N6S/c16-15(22)21-20-13(8-7-10-4-3-9-17-10)14-18-11-5-1-2-6-12(11)19-14/h1-9,17H,(H,18,19)(H3,16,21,22)/b8-7+,20-13-. The van der Waals surface area contributed by atoms with Crippen molar-refractivity contribution in [1.82, 2.24) is 20.4 Å². The van der Waals surface area contributed by atoms with Gasteiger partial charge in [0.25, 0.3) is 0 Å². The van der Waals surface area contributed by atoms with Gasteiger partial charge in [-0.1, -0.05) is 12.1 Å². The van der Waals surface area contributed by atoms with E-state index in [0.29, 0.717) is 11.5 Å². The number of allylic oxidation sites excluding steroid dienone is 1. The molecule has 0 aliphatic rings. The van der Waals surface area contributed by atoms with E-state index in [4.69, 9.17) is 18.0 Å². The SMILES string of the molecule is NC(=S)N/N=C(/C=C/c1ccc[nH]1)c1nc2ccccc2[nH]1. The summed E-state index contributed by atoms with van der Waals surface area (Å²) in [6.07, 6.45) is 5.58. The number of benzene rings is 1. The Morgan fingerprint density at radius 1 is 1.27 bits per heavy atom. The van der Waals surface area contributed by atoms with Crippen LogP contribution in [0.2, 0.25) is 0 Å². The summed E-state index contributed by atoms with van der Waals surface area (Å²) in [5.74, 6) is 0.632. The number of imidazole rings is 1. The zero-order valence-corrected chi connectivity index (χ0v) is 12.4. The molecule has 2 heterocycles. The van der Waals surface area contributed by atoms with Crippen LogP contribution in [0, 0.1) is 0 Å². The van der Waals surface area contributed by atoms with Gasteiger partial charge in [0.05, 0.1) is 11.0 Å². The molecule has 3 aromatic rings. The average molecular weight is 310 g/mol. The van der Waals surface area contributed by atoms with Gasteiger partial charge in [0.1, 0.15) is 5.71 Å². The summed E-state index contributed by atoms with van der Waals surface area (Å²) in [7, 11) is 0. The molecule has 7 heteroatoms. The third kappa shape index (κ3) is 3.21. The number of nitrogens with one attached hydrogen (secondary N) is 3. The van der Waals surface area contributed by atoms with Gasteiger partial charge in [-0.3, -0.25) is 5.43 Å². The minimum absolute atomic E-state index is 0.0990. The molecular weight excluding hydrogens is 296 g/mol. The van der Waals surface area contributed by atoms with E-state index in [1.54, 1.807) is 0 Å². The second-order valence-electron chi connectivity index (χ2n) is 4.53. The summed E-state index contributed by atoms with van der Waals surface area (Å²) >= 11 is 4.79. The van der Waals surface area contributed by atoms with Gasteiger partial charge < -0.3 is 15.7 Å². The van der Waals surface area contributed by atoms with E-state index in [9.17, 15) is 0 Å². The van der Waals surface area contributed by atoms with E-state index >= 15 is 0 Å². The van der Waals surface area contributed by atoms with Crippen LogP contribution in [0.3, 0.4) is 0 Å². The van der Waals surface area contributed by atoms with Crippen molar-refractivity contribution in [2.45, 2.75) is 0 Å². The zero-order valence-electron chi connectivity index (χ0n) is 11.6. The van der Waals surface area contributed by atoms with E-state index < -0.39 is 0 Å². The molecule has 22 heavy (non-hydrogen) atoms. The van der Waals surface area contributed by atoms with Crippen molar-refractivity contribution < 1.29 is 0 Å². The van der Waals surface area contributed by atoms with Crippen LogP contribution in [-0.4, -0.2) is 25.8 Å². The molecule has 0 radical (unpaired) electrons. The molecule has 0 bridgehead atoms. The number of hydrazone groups is 1. The van der Waals surface area contributed by atoms with Crippen LogP contribution < -0.4 is 11.2 Å². The molecule has 3 rings (SSSR count). The third-order valence-electron chi connectivity index (χ3n) is 2.96. The summed E-state index contributed by atoms with van der Waals surface area (Å²) in [6, 6.07) is 11.6. The van der Waals surface area contributed by atoms with Gasteiger partial charge in [0, 0.05) is 11.9 Å². The number of nitrogens with zero attached hydrogens (tertiary/aromatic N) is 2. The van der Waals surface area contributed by atoms with E-state index in [2.05, 4.69) is 25.5 Å². The van der Waals surface area contributed by atoms with Crippen molar-refractivity contribution >= 4 is 40.2 Å². The molecule has 0 saturated carbocycles. The third-order valence-corrected chi connectivity index (χ3v) is 3.05. The van der Waals surface area contributed by atoms with Gasteiger partial charge in [-0.05, 0) is 48.6 Å². The molecule has 0 aliphatic carbocycles. The second kappa shape index (κ2) is 6.23. The highest BCUT2D eigenvalue weighted by Crippen LogP contribution is 2.11. The number of thiocarbonyl (C=S) groups is 1. The molecule has 6 nitrogen and oxygen atoms in total. The normalized spacial score (nSPS) is 12.1. The number of aromatic amines is 2. The maximum Gasteiger partial charge on any atom is 0.184 e. The van der Waals surface area contributed by atoms with E-state index in [-0.39, 0.29) is 5.11 Å². The Morgan fingerprint density at radius 3 is 2.86 bits per heavy atom. The summed E-state index contributed by atoms with van der Waals surface area (Å²) in [6.45, 7) is 0. The monoisotopic (exact) mass is 310 g/mol. The molecule has 0 fully saturated rings. The fourth-order valence-corrected chi connectivity index (χ4v) is 2.02. The number of hydrogen-bond acceptors (Lipinski definition) is 3. The highest BCUT2D eigenvalue weighted by molar-refractivity contribution is 7.80. The number of H-pyrrole nitrogens is 2. The number of aromatic nitrogens is 3. The van der Waals surface area contributed by atoms with Crippen LogP contribution in [0.4, 0.5) is 0 Å². The second-order valence-corrected chi connectivity index (χ2v) is 4.97. The Labute approximate surface area is 132 Å². The predicted molar refractivity (Wildman–Crippen MR) is 92.4 cm³/mol. The van der Waals surface area contributed by atoms with Crippen molar-refractivity contribution in [2.75, 3.05) is 0 Å². The minimum Gasteiger partial charge on any atom is -0.375 e. The number of para-hydroxylation sites is 2. The first-order valence-electron chi connectivity index (χ1n) is 6.62. The smallest absolute Gasteiger partial charge is 0.184 e. The number of fused-ring (bicyclic) bond motifs is 1. The van der Waals surface area contributed by atoms with Gasteiger partial charge in [0.2, 0.25) is 0 Å². The largest absolute Gasteiger partial charge is 0.375 e. The Morgan fingerprint density at radius 2 is 2.14 bits per heavy atom. The maximum absolute atomic E-state index is 5.44. The minimum atomic E-state index is 0.0990. The van der Waals surface area contributed by atoms with Gasteiger partial charge in [-0.2, -0.15) is 5.10 Å². The van der Waals surface area contributed by atoms with Gasteiger partial charge >= 0.3 is 0 Å². The lowest BCUT2D eigenvalue weighted by Crippen LogP contribution is -2.25. The molecule has 5 N–H and O–H groups in total. The predicted octanol–water partition coefficient (Wildman–Crippen LogP) is 2.14. The van der Waals surface area contributed by atoms with Crippen LogP contribution in [0.15, 0.2) is 53.8 Å². The Balaban J connectivity index is 1.96. The molecule has 0 unspecified atom stereocenters. The lowest BCUT2D eigenvalue weighted by atomic mass is 10.3. The van der Waals surface area contributed by atoms with Crippen LogP contribution >= 0.6 is 12.2 Å². The number of hydrogen-bond donors (Lipinski definition) is 4. The van der Waals surface area contributed by atoms with Gasteiger partial charge in [-0.25, -0.2) is 4.98 Å². The molecule has 0 spiro atoms. The lowest BCUT2D eigenvalue weighted by Gasteiger charge is -1.99. The van der Waals surface area contributed by atoms with Crippen molar-refractivity contribution in [3.05, 3.63) is 60.2 Å². The highest BCUT2D eigenvalue weighted by atomic mass is 32.1. The van der Waals surface area contributed by atoms with Crippen molar-refractivity contribution in [3.8, 4) is 0 Å². The lowest BCUT2D eigenvalue weighted by molar-refractivity contribution is 1.03. The molecule has 0 aliphatic heterocycles. The average Bonchev–Trinajstić information content (AvgIpc) is 3.15. The highest BCUT2D eigenvalue weighted by Gasteiger charge is 2.07. The zero-order chi connectivity index (χ0) is 15.4. The first-order chi connectivity index (χ1) is 10.7. The van der Waals surface area contributed by atoms with Crippen LogP contribution in [0.1, 0.15) is 11.5 Å². The van der Waals surface area contributed by atoms with Crippen molar-refractivity contribution in [1.29, 1.82) is 0 Å². The van der Waals surface area contributed by atoms with Crippen LogP contribution in [0.25, 0.3) is 17.1 Å². The summed E-state index contributed by atoms with van der Waals surface area (Å²) in [4.78, 5) is 10.8. The molecule has 0 amide bonds. The molecule has 2 aromatic heterocycles. The summed E-state index contributed by atoms with van der Waals surface area (Å²) in [5, 5.41) is 4.29. The first-order valence-corrected chi connectivity index (χ1v) is 7.03. The number of nitrogens with two attached hydrogens (primary N) is 1. The Kier molecular flexibility index (Phi) is 3.97. The van der Waals surface area contributed by atoms with Crippen LogP contribution in [0.5, 0.6) is 0 Å². The van der Waals surface area contributed by atoms with Crippen molar-refractivity contribution in [2.24, 2.45) is 10.8 Å². The molecular formula is C15H14N6S. The van der Waals surface area contributed by atoms with Gasteiger partial charge in [0.15, 0.2) is 10.9 Å². The fraction of sp³-hybridized carbons (Fsp3) is 0. The molecule has 1 aromatic carbocycles. The molecule has 0 saturated heterocycles. The summed E-state index contributed by atoms with van der Waals surface area (Å²) < 4.78 is 0. The summed E-state index contributed by atoms with van der Waals surface area (Å²) in [5.41, 5.74) is 11.4. The van der Waals surface area contributed by atoms with E-state index in [1.165, 1.54) is 0 Å². The van der Waals surface area contributed by atoms with E-state index in [1.807, 2.05) is 54.7 Å². The topological polar surface area (TPSA) is 94.9 Å². The van der Waals surface area contributed by atoms with Gasteiger partial charge in [-0.15, -0.1) is 0 Å². The van der Waals surface area contributed by atoms with Crippen molar-refractivity contribution in [3.63, 3.8) is 0 Å². The molecule has 0 atom stereocenters. The quantitative estimate of drug-likeness (QED) is 0.337. The first kappa shape index (κ1) is 14.0. The van der Waals surface area contributed by atoms with Crippen LogP contribution in [-0.2, 0) is 0 Å². The number of rotatable bonds is 4. The Bertz CT molecular complexity index is 811. The maximum atomic E-state index is 5.44. The Hall–Kier alpha value is -2.93.